The molecule has 0 saturated heterocycles. The Morgan fingerprint density at radius 1 is 1.08 bits per heavy atom. The molecule has 0 saturated carbocycles. The molecule has 3 heterocycles. The molecular weight excluding hydrogens is 318 g/mol. The van der Waals surface area contributed by atoms with Gasteiger partial charge in [-0.25, -0.2) is 19.9 Å². The highest BCUT2D eigenvalue weighted by atomic mass is 16.1. The van der Waals surface area contributed by atoms with E-state index >= 15 is 0 Å². The van der Waals surface area contributed by atoms with E-state index in [-0.39, 0.29) is 11.6 Å². The summed E-state index contributed by atoms with van der Waals surface area (Å²) in [6.07, 6.45) is 6.30. The topological polar surface area (TPSA) is 98.5 Å². The van der Waals surface area contributed by atoms with E-state index < -0.39 is 0 Å². The number of amides is 1. The van der Waals surface area contributed by atoms with Gasteiger partial charge in [0.1, 0.15) is 29.5 Å². The first-order valence-corrected chi connectivity index (χ1v) is 7.56. The van der Waals surface area contributed by atoms with E-state index in [1.54, 1.807) is 23.0 Å². The second-order valence-electron chi connectivity index (χ2n) is 5.30. The summed E-state index contributed by atoms with van der Waals surface area (Å²) in [5, 5.41) is 2.72. The quantitative estimate of drug-likeness (QED) is 0.618. The Hall–Kier alpha value is -3.68. The van der Waals surface area contributed by atoms with E-state index in [4.69, 9.17) is 0 Å². The average Bonchev–Trinajstić information content (AvgIpc) is 3.07. The molecule has 8 heteroatoms. The Morgan fingerprint density at radius 3 is 2.72 bits per heavy atom. The van der Waals surface area contributed by atoms with Gasteiger partial charge in [0.05, 0.1) is 17.2 Å². The van der Waals surface area contributed by atoms with Crippen LogP contribution in [-0.4, -0.2) is 35.4 Å². The highest BCUT2D eigenvalue weighted by molar-refractivity contribution is 6.03. The molecular formula is C17H13N7O. The summed E-state index contributed by atoms with van der Waals surface area (Å²) in [6.45, 7) is 1.87. The fourth-order valence-electron chi connectivity index (χ4n) is 2.41. The molecule has 0 bridgehead atoms. The molecule has 25 heavy (non-hydrogen) atoms. The number of anilines is 1. The Balaban J connectivity index is 1.61. The molecule has 1 amide bonds. The van der Waals surface area contributed by atoms with Gasteiger partial charge in [0, 0.05) is 18.5 Å². The van der Waals surface area contributed by atoms with Gasteiger partial charge in [-0.05, 0) is 19.1 Å². The number of aryl methyl sites for hydroxylation is 1. The number of nitrogens with zero attached hydrogens (tertiary/aromatic N) is 6. The molecule has 0 fully saturated rings. The molecule has 0 radical (unpaired) electrons. The van der Waals surface area contributed by atoms with Crippen LogP contribution in [0.4, 0.5) is 5.82 Å². The molecule has 0 aliphatic heterocycles. The molecule has 0 aliphatic carbocycles. The molecule has 0 spiro atoms. The third-order valence-corrected chi connectivity index (χ3v) is 3.65. The van der Waals surface area contributed by atoms with E-state index in [9.17, 15) is 4.79 Å². The van der Waals surface area contributed by atoms with E-state index in [0.717, 1.165) is 11.3 Å². The van der Waals surface area contributed by atoms with Gasteiger partial charge in [0.25, 0.3) is 5.91 Å². The third-order valence-electron chi connectivity index (χ3n) is 3.65. The number of benzene rings is 1. The van der Waals surface area contributed by atoms with Crippen molar-refractivity contribution in [1.29, 1.82) is 0 Å². The second kappa shape index (κ2) is 6.08. The van der Waals surface area contributed by atoms with Gasteiger partial charge in [-0.3, -0.25) is 14.3 Å². The van der Waals surface area contributed by atoms with E-state index in [1.165, 1.54) is 12.5 Å². The first-order chi connectivity index (χ1) is 12.2. The molecule has 0 aliphatic rings. The zero-order chi connectivity index (χ0) is 17.2. The van der Waals surface area contributed by atoms with Crippen LogP contribution in [0.2, 0.25) is 0 Å². The van der Waals surface area contributed by atoms with Crippen LogP contribution in [0.3, 0.4) is 0 Å². The van der Waals surface area contributed by atoms with Crippen LogP contribution in [-0.2, 0) is 0 Å². The number of nitrogens with one attached hydrogen (secondary N) is 1. The number of fused-ring (bicyclic) bond motifs is 1. The number of aromatic nitrogens is 6. The average molecular weight is 331 g/mol. The van der Waals surface area contributed by atoms with E-state index in [1.807, 2.05) is 31.2 Å². The minimum absolute atomic E-state index is 0.220. The lowest BCUT2D eigenvalue weighted by Gasteiger charge is -2.07. The molecule has 3 aromatic heterocycles. The fraction of sp³-hybridized carbons (Fsp3) is 0.0588. The van der Waals surface area contributed by atoms with Crippen LogP contribution in [0.1, 0.15) is 16.3 Å². The summed E-state index contributed by atoms with van der Waals surface area (Å²) in [6, 6.07) is 9.04. The first kappa shape index (κ1) is 14.9. The Bertz CT molecular complexity index is 1070. The molecule has 8 nitrogen and oxygen atoms in total. The Morgan fingerprint density at radius 2 is 1.92 bits per heavy atom. The molecule has 1 N–H and O–H groups in total. The van der Waals surface area contributed by atoms with Gasteiger partial charge in [-0.1, -0.05) is 12.1 Å². The van der Waals surface area contributed by atoms with Gasteiger partial charge in [0.2, 0.25) is 0 Å². The normalized spacial score (nSPS) is 10.8. The summed E-state index contributed by atoms with van der Waals surface area (Å²) in [5.41, 5.74) is 1.61. The van der Waals surface area contributed by atoms with Crippen molar-refractivity contribution < 1.29 is 4.79 Å². The number of hydrogen-bond acceptors (Lipinski definition) is 6. The van der Waals surface area contributed by atoms with Crippen molar-refractivity contribution in [2.75, 3.05) is 5.32 Å². The lowest BCUT2D eigenvalue weighted by atomic mass is 10.3. The van der Waals surface area contributed by atoms with Gasteiger partial charge >= 0.3 is 0 Å². The van der Waals surface area contributed by atoms with E-state index in [2.05, 4.69) is 30.2 Å². The monoisotopic (exact) mass is 331 g/mol. The van der Waals surface area contributed by atoms with Crippen LogP contribution in [0.15, 0.2) is 55.2 Å². The van der Waals surface area contributed by atoms with Crippen LogP contribution >= 0.6 is 0 Å². The molecule has 0 unspecified atom stereocenters. The number of carbonyl (C=O) groups is 1. The number of para-hydroxylation sites is 2. The predicted molar refractivity (Wildman–Crippen MR) is 91.4 cm³/mol. The van der Waals surface area contributed by atoms with Gasteiger partial charge < -0.3 is 5.32 Å². The van der Waals surface area contributed by atoms with Crippen molar-refractivity contribution in [3.63, 3.8) is 0 Å². The number of rotatable bonds is 3. The van der Waals surface area contributed by atoms with Gasteiger partial charge in [-0.15, -0.1) is 0 Å². The van der Waals surface area contributed by atoms with Gasteiger partial charge in [-0.2, -0.15) is 0 Å². The van der Waals surface area contributed by atoms with Crippen molar-refractivity contribution in [2.24, 2.45) is 0 Å². The number of carbonyl (C=O) groups excluding carboxylic acids is 1. The van der Waals surface area contributed by atoms with Crippen LogP contribution < -0.4 is 5.32 Å². The third kappa shape index (κ3) is 2.92. The predicted octanol–water partition coefficient (Wildman–Crippen LogP) is 2.17. The zero-order valence-electron chi connectivity index (χ0n) is 13.3. The molecule has 122 valence electrons. The smallest absolute Gasteiger partial charge is 0.277 e. The standard InChI is InChI=1S/C17H13N7O/c1-11-18-6-7-24(11)16-8-15(20-10-21-16)23-17(25)14-9-19-12-4-2-3-5-13(12)22-14/h2-10H,1H3,(H,20,21,23,25). The maximum Gasteiger partial charge on any atom is 0.277 e. The fourth-order valence-corrected chi connectivity index (χ4v) is 2.41. The summed E-state index contributed by atoms with van der Waals surface area (Å²) < 4.78 is 1.80. The molecule has 4 aromatic rings. The zero-order valence-corrected chi connectivity index (χ0v) is 13.3. The lowest BCUT2D eigenvalue weighted by molar-refractivity contribution is 0.102. The first-order valence-electron chi connectivity index (χ1n) is 7.56. The minimum atomic E-state index is -0.384. The van der Waals surface area contributed by atoms with E-state index in [0.29, 0.717) is 17.2 Å². The SMILES string of the molecule is Cc1nccn1-c1cc(NC(=O)c2cnc3ccccc3n2)ncn1. The second-order valence-corrected chi connectivity index (χ2v) is 5.30. The summed E-state index contributed by atoms with van der Waals surface area (Å²) in [7, 11) is 0. The maximum absolute atomic E-state index is 12.4. The van der Waals surface area contributed by atoms with Crippen molar-refractivity contribution in [1.82, 2.24) is 29.5 Å². The van der Waals surface area contributed by atoms with Crippen molar-refractivity contribution in [3.05, 3.63) is 66.8 Å². The highest BCUT2D eigenvalue weighted by Gasteiger charge is 2.11. The molecule has 4 rings (SSSR count). The van der Waals surface area contributed by atoms with Crippen LogP contribution in [0, 0.1) is 6.92 Å². The highest BCUT2D eigenvalue weighted by Crippen LogP contribution is 2.13. The van der Waals surface area contributed by atoms with Crippen molar-refractivity contribution >= 4 is 22.8 Å². The summed E-state index contributed by atoms with van der Waals surface area (Å²) >= 11 is 0. The Kier molecular flexibility index (Phi) is 3.62. The lowest BCUT2D eigenvalue weighted by Crippen LogP contribution is -2.15. The Labute approximate surface area is 142 Å². The van der Waals surface area contributed by atoms with Crippen molar-refractivity contribution in [2.45, 2.75) is 6.92 Å². The molecule has 0 atom stereocenters. The minimum Gasteiger partial charge on any atom is -0.305 e. The maximum atomic E-state index is 12.4. The van der Waals surface area contributed by atoms with Gasteiger partial charge in [0.15, 0.2) is 0 Å². The van der Waals surface area contributed by atoms with Crippen LogP contribution in [0.25, 0.3) is 16.9 Å². The number of hydrogen-bond donors (Lipinski definition) is 1. The summed E-state index contributed by atoms with van der Waals surface area (Å²) in [5.74, 6) is 1.39. The summed E-state index contributed by atoms with van der Waals surface area (Å²) in [4.78, 5) is 33.4. The van der Waals surface area contributed by atoms with Crippen LogP contribution in [0.5, 0.6) is 0 Å². The van der Waals surface area contributed by atoms with Crippen molar-refractivity contribution in [3.8, 4) is 5.82 Å². The number of imidazole rings is 1. The molecule has 1 aromatic carbocycles. The largest absolute Gasteiger partial charge is 0.305 e.